The first-order valence-corrected chi connectivity index (χ1v) is 6.57. The molecule has 0 spiro atoms. The highest BCUT2D eigenvalue weighted by molar-refractivity contribution is 5.32. The summed E-state index contributed by atoms with van der Waals surface area (Å²) in [5.74, 6) is 2.56. The SMILES string of the molecule is CC(C)C.CC(C)C1Cc2ccccc2C1. The molecule has 2 rings (SSSR count). The van der Waals surface area contributed by atoms with Crippen LogP contribution in [0.5, 0.6) is 0 Å². The summed E-state index contributed by atoms with van der Waals surface area (Å²) < 4.78 is 0. The Kier molecular flexibility index (Phi) is 5.05. The van der Waals surface area contributed by atoms with E-state index >= 15 is 0 Å². The van der Waals surface area contributed by atoms with E-state index in [4.69, 9.17) is 0 Å². The number of fused-ring (bicyclic) bond motifs is 1. The summed E-state index contributed by atoms with van der Waals surface area (Å²) in [4.78, 5) is 0. The Bertz CT molecular complexity index is 282. The van der Waals surface area contributed by atoms with Crippen molar-refractivity contribution in [2.75, 3.05) is 0 Å². The van der Waals surface area contributed by atoms with Crippen LogP contribution in [-0.2, 0) is 12.8 Å². The van der Waals surface area contributed by atoms with Gasteiger partial charge in [0.15, 0.2) is 0 Å². The average Bonchev–Trinajstić information content (AvgIpc) is 2.59. The Morgan fingerprint density at radius 1 is 0.875 bits per heavy atom. The zero-order valence-electron chi connectivity index (χ0n) is 11.5. The van der Waals surface area contributed by atoms with Crippen LogP contribution in [0.3, 0.4) is 0 Å². The molecule has 0 amide bonds. The third kappa shape index (κ3) is 4.00. The lowest BCUT2D eigenvalue weighted by Gasteiger charge is -2.12. The third-order valence-corrected chi connectivity index (χ3v) is 3.03. The molecule has 90 valence electrons. The van der Waals surface area contributed by atoms with Crippen LogP contribution in [-0.4, -0.2) is 0 Å². The number of benzene rings is 1. The average molecular weight is 218 g/mol. The van der Waals surface area contributed by atoms with E-state index in [0.717, 1.165) is 17.8 Å². The Labute approximate surface area is 101 Å². The Morgan fingerprint density at radius 2 is 1.25 bits per heavy atom. The molecular weight excluding hydrogens is 192 g/mol. The Balaban J connectivity index is 0.000000280. The van der Waals surface area contributed by atoms with Gasteiger partial charge >= 0.3 is 0 Å². The molecule has 1 aromatic rings. The van der Waals surface area contributed by atoms with Gasteiger partial charge in [0.2, 0.25) is 0 Å². The van der Waals surface area contributed by atoms with Crippen LogP contribution in [0.25, 0.3) is 0 Å². The van der Waals surface area contributed by atoms with E-state index in [0.29, 0.717) is 0 Å². The fraction of sp³-hybridized carbons (Fsp3) is 0.625. The summed E-state index contributed by atoms with van der Waals surface area (Å²) in [6.07, 6.45) is 2.60. The van der Waals surface area contributed by atoms with E-state index in [1.54, 1.807) is 11.1 Å². The molecule has 0 radical (unpaired) electrons. The molecule has 0 saturated heterocycles. The fourth-order valence-corrected chi connectivity index (χ4v) is 2.06. The van der Waals surface area contributed by atoms with Crippen molar-refractivity contribution in [1.29, 1.82) is 0 Å². The third-order valence-electron chi connectivity index (χ3n) is 3.03. The maximum atomic E-state index is 2.33. The molecule has 0 saturated carbocycles. The minimum Gasteiger partial charge on any atom is -0.0630 e. The molecule has 0 atom stereocenters. The smallest absolute Gasteiger partial charge is 0.0242 e. The lowest BCUT2D eigenvalue weighted by Crippen LogP contribution is -2.07. The minimum atomic E-state index is 0.831. The van der Waals surface area contributed by atoms with Gasteiger partial charge in [-0.3, -0.25) is 0 Å². The second-order valence-corrected chi connectivity index (χ2v) is 5.91. The maximum Gasteiger partial charge on any atom is -0.0242 e. The van der Waals surface area contributed by atoms with Crippen molar-refractivity contribution in [3.05, 3.63) is 35.4 Å². The minimum absolute atomic E-state index is 0.831. The van der Waals surface area contributed by atoms with Crippen LogP contribution in [0.4, 0.5) is 0 Å². The van der Waals surface area contributed by atoms with Crippen LogP contribution in [0.2, 0.25) is 0 Å². The van der Waals surface area contributed by atoms with E-state index in [2.05, 4.69) is 58.9 Å². The molecule has 1 aromatic carbocycles. The summed E-state index contributed by atoms with van der Waals surface area (Å²) in [6.45, 7) is 11.2. The largest absolute Gasteiger partial charge is 0.0630 e. The van der Waals surface area contributed by atoms with E-state index < -0.39 is 0 Å². The highest BCUT2D eigenvalue weighted by Crippen LogP contribution is 2.30. The van der Waals surface area contributed by atoms with Gasteiger partial charge in [-0.1, -0.05) is 58.9 Å². The van der Waals surface area contributed by atoms with Crippen molar-refractivity contribution < 1.29 is 0 Å². The Hall–Kier alpha value is -0.780. The molecule has 0 fully saturated rings. The molecule has 0 aromatic heterocycles. The quantitative estimate of drug-likeness (QED) is 0.640. The zero-order valence-corrected chi connectivity index (χ0v) is 11.5. The van der Waals surface area contributed by atoms with Gasteiger partial charge in [-0.15, -0.1) is 0 Å². The van der Waals surface area contributed by atoms with Gasteiger partial charge in [-0.05, 0) is 41.7 Å². The molecule has 0 nitrogen and oxygen atoms in total. The molecule has 0 N–H and O–H groups in total. The van der Waals surface area contributed by atoms with Crippen molar-refractivity contribution in [1.82, 2.24) is 0 Å². The van der Waals surface area contributed by atoms with E-state index in [1.165, 1.54) is 12.8 Å². The summed E-state index contributed by atoms with van der Waals surface area (Å²) in [6, 6.07) is 8.86. The van der Waals surface area contributed by atoms with Gasteiger partial charge < -0.3 is 0 Å². The molecule has 0 heteroatoms. The van der Waals surface area contributed by atoms with Crippen LogP contribution in [0, 0.1) is 17.8 Å². The fourth-order valence-electron chi connectivity index (χ4n) is 2.06. The van der Waals surface area contributed by atoms with Crippen LogP contribution < -0.4 is 0 Å². The van der Waals surface area contributed by atoms with Crippen molar-refractivity contribution in [2.24, 2.45) is 17.8 Å². The van der Waals surface area contributed by atoms with Gasteiger partial charge in [0.25, 0.3) is 0 Å². The standard InChI is InChI=1S/C12H16.C4H10/c1-9(2)12-7-10-5-3-4-6-11(10)8-12;1-4(2)3/h3-6,9,12H,7-8H2,1-2H3;4H,1-3H3. The monoisotopic (exact) mass is 218 g/mol. The van der Waals surface area contributed by atoms with Crippen molar-refractivity contribution in [3.63, 3.8) is 0 Å². The molecule has 0 unspecified atom stereocenters. The van der Waals surface area contributed by atoms with Gasteiger partial charge in [-0.25, -0.2) is 0 Å². The van der Waals surface area contributed by atoms with Gasteiger partial charge in [0.05, 0.1) is 0 Å². The van der Waals surface area contributed by atoms with E-state index in [1.807, 2.05) is 0 Å². The Morgan fingerprint density at radius 3 is 1.56 bits per heavy atom. The first-order valence-electron chi connectivity index (χ1n) is 6.57. The second kappa shape index (κ2) is 6.08. The van der Waals surface area contributed by atoms with Gasteiger partial charge in [-0.2, -0.15) is 0 Å². The van der Waals surface area contributed by atoms with Gasteiger partial charge in [0, 0.05) is 0 Å². The molecule has 1 aliphatic rings. The normalized spacial score (nSPS) is 14.9. The molecule has 0 heterocycles. The number of hydrogen-bond donors (Lipinski definition) is 0. The summed E-state index contributed by atoms with van der Waals surface area (Å²) in [5.41, 5.74) is 3.16. The maximum absolute atomic E-state index is 2.33. The predicted molar refractivity (Wildman–Crippen MR) is 72.7 cm³/mol. The topological polar surface area (TPSA) is 0 Å². The number of hydrogen-bond acceptors (Lipinski definition) is 0. The summed E-state index contributed by atoms with van der Waals surface area (Å²) >= 11 is 0. The van der Waals surface area contributed by atoms with Crippen LogP contribution in [0.1, 0.15) is 45.7 Å². The first-order chi connectivity index (χ1) is 7.50. The highest BCUT2D eigenvalue weighted by atomic mass is 14.3. The van der Waals surface area contributed by atoms with Crippen molar-refractivity contribution in [3.8, 4) is 0 Å². The van der Waals surface area contributed by atoms with Crippen molar-refractivity contribution in [2.45, 2.75) is 47.5 Å². The zero-order chi connectivity index (χ0) is 12.1. The lowest BCUT2D eigenvalue weighted by molar-refractivity contribution is 0.404. The van der Waals surface area contributed by atoms with Crippen LogP contribution >= 0.6 is 0 Å². The van der Waals surface area contributed by atoms with Gasteiger partial charge in [0.1, 0.15) is 0 Å². The molecule has 0 aliphatic heterocycles. The summed E-state index contributed by atoms with van der Waals surface area (Å²) in [7, 11) is 0. The first kappa shape index (κ1) is 13.3. The highest BCUT2D eigenvalue weighted by Gasteiger charge is 2.22. The predicted octanol–water partition coefficient (Wildman–Crippen LogP) is 4.72. The molecular formula is C16H26. The lowest BCUT2D eigenvalue weighted by atomic mass is 9.93. The van der Waals surface area contributed by atoms with Crippen molar-refractivity contribution >= 4 is 0 Å². The van der Waals surface area contributed by atoms with E-state index in [-0.39, 0.29) is 0 Å². The molecule has 0 bridgehead atoms. The second-order valence-electron chi connectivity index (χ2n) is 5.91. The molecule has 1 aliphatic carbocycles. The summed E-state index contributed by atoms with van der Waals surface area (Å²) in [5, 5.41) is 0. The van der Waals surface area contributed by atoms with Crippen LogP contribution in [0.15, 0.2) is 24.3 Å². The number of rotatable bonds is 1. The van der Waals surface area contributed by atoms with E-state index in [9.17, 15) is 0 Å². The molecule has 16 heavy (non-hydrogen) atoms.